The minimum atomic E-state index is -0.0885. The molecule has 2 aromatic rings. The van der Waals surface area contributed by atoms with Gasteiger partial charge in [-0.05, 0) is 43.8 Å². The van der Waals surface area contributed by atoms with E-state index >= 15 is 0 Å². The van der Waals surface area contributed by atoms with E-state index in [1.54, 1.807) is 6.07 Å². The summed E-state index contributed by atoms with van der Waals surface area (Å²) in [5, 5.41) is 12.3. The molecule has 0 spiro atoms. The van der Waals surface area contributed by atoms with E-state index in [4.69, 9.17) is 0 Å². The van der Waals surface area contributed by atoms with E-state index in [0.29, 0.717) is 17.7 Å². The van der Waals surface area contributed by atoms with E-state index in [0.717, 1.165) is 16.3 Å². The molecule has 2 aromatic carbocycles. The van der Waals surface area contributed by atoms with E-state index in [1.165, 1.54) is 11.8 Å². The maximum Gasteiger partial charge on any atom is 0.252 e. The number of carbonyl (C=O) groups excluding carboxylic acids is 1. The summed E-state index contributed by atoms with van der Waals surface area (Å²) < 4.78 is 0. The Balaban J connectivity index is 2.16. The first kappa shape index (κ1) is 20.0. The first-order valence-corrected chi connectivity index (χ1v) is 9.33. The maximum absolute atomic E-state index is 12.7. The highest BCUT2D eigenvalue weighted by Gasteiger charge is 2.21. The molecule has 0 saturated carbocycles. The van der Waals surface area contributed by atoms with Crippen molar-refractivity contribution in [3.05, 3.63) is 59.7 Å². The van der Waals surface area contributed by atoms with Crippen LogP contribution in [0.2, 0.25) is 0 Å². The van der Waals surface area contributed by atoms with Crippen LogP contribution in [0.3, 0.4) is 0 Å². The monoisotopic (exact) mass is 367 g/mol. The van der Waals surface area contributed by atoms with Crippen LogP contribution in [0.5, 0.6) is 0 Å². The van der Waals surface area contributed by atoms with Gasteiger partial charge in [0, 0.05) is 22.9 Å². The number of carbonyl (C=O) groups is 1. The van der Waals surface area contributed by atoms with Crippen molar-refractivity contribution in [1.82, 2.24) is 10.2 Å². The van der Waals surface area contributed by atoms with Crippen LogP contribution in [-0.4, -0.2) is 38.0 Å². The Morgan fingerprint density at radius 1 is 1.12 bits per heavy atom. The maximum atomic E-state index is 12.7. The number of nitrogens with one attached hydrogen (secondary N) is 1. The summed E-state index contributed by atoms with van der Waals surface area (Å²) in [5.74, 6) is -0.0885. The van der Waals surface area contributed by atoms with Crippen LogP contribution < -0.4 is 5.32 Å². The van der Waals surface area contributed by atoms with Crippen LogP contribution in [0.4, 0.5) is 0 Å². The van der Waals surface area contributed by atoms with Gasteiger partial charge in [-0.25, -0.2) is 0 Å². The molecule has 0 fully saturated rings. The topological polar surface area (TPSA) is 56.1 Å². The molecular weight excluding hydrogens is 342 g/mol. The zero-order chi connectivity index (χ0) is 19.2. The molecule has 2 rings (SSSR count). The number of benzene rings is 2. The summed E-state index contributed by atoms with van der Waals surface area (Å²) in [4.78, 5) is 16.6. The summed E-state index contributed by atoms with van der Waals surface area (Å²) >= 11 is 1.45. The van der Waals surface area contributed by atoms with Gasteiger partial charge in [0.15, 0.2) is 0 Å². The average molecular weight is 368 g/mol. The number of nitriles is 1. The number of hydrogen-bond donors (Lipinski definition) is 1. The molecule has 0 saturated heterocycles. The minimum Gasteiger partial charge on any atom is -0.351 e. The number of nitrogens with zero attached hydrogens (tertiary/aromatic N) is 2. The minimum absolute atomic E-state index is 0.0192. The third-order valence-corrected chi connectivity index (χ3v) is 4.98. The van der Waals surface area contributed by atoms with Crippen molar-refractivity contribution in [2.45, 2.75) is 23.6 Å². The van der Waals surface area contributed by atoms with Gasteiger partial charge in [0.05, 0.1) is 11.1 Å². The first-order chi connectivity index (χ1) is 12.3. The Morgan fingerprint density at radius 3 is 2.38 bits per heavy atom. The van der Waals surface area contributed by atoms with Crippen molar-refractivity contribution in [2.75, 3.05) is 27.2 Å². The zero-order valence-corrected chi connectivity index (χ0v) is 16.6. The molecule has 4 nitrogen and oxygen atoms in total. The van der Waals surface area contributed by atoms with E-state index in [9.17, 15) is 10.1 Å². The largest absolute Gasteiger partial charge is 0.351 e. The van der Waals surface area contributed by atoms with Crippen molar-refractivity contribution < 1.29 is 4.79 Å². The molecular formula is C21H25N3OS. The molecule has 0 atom stereocenters. The van der Waals surface area contributed by atoms with Crippen LogP contribution in [-0.2, 0) is 0 Å². The van der Waals surface area contributed by atoms with Gasteiger partial charge in [0.25, 0.3) is 5.91 Å². The van der Waals surface area contributed by atoms with Crippen molar-refractivity contribution in [1.29, 1.82) is 5.26 Å². The van der Waals surface area contributed by atoms with Crippen molar-refractivity contribution in [3.63, 3.8) is 0 Å². The highest BCUT2D eigenvalue weighted by molar-refractivity contribution is 7.99. The van der Waals surface area contributed by atoms with Crippen molar-refractivity contribution in [3.8, 4) is 6.07 Å². The standard InChI is InChI=1S/C21H25N3OS/c1-21(2,15-24(3)4)14-23-20(25)17-10-6-8-12-19(17)26-18-11-7-5-9-16(18)13-22/h5-12H,14-15H2,1-4H3,(H,23,25). The molecule has 0 bridgehead atoms. The third-order valence-electron chi connectivity index (χ3n) is 3.83. The van der Waals surface area contributed by atoms with Crippen molar-refractivity contribution >= 4 is 17.7 Å². The zero-order valence-electron chi connectivity index (χ0n) is 15.7. The second-order valence-electron chi connectivity index (χ2n) is 7.29. The van der Waals surface area contributed by atoms with Gasteiger partial charge < -0.3 is 10.2 Å². The molecule has 0 aliphatic rings. The first-order valence-electron chi connectivity index (χ1n) is 8.51. The molecule has 0 aliphatic carbocycles. The second kappa shape index (κ2) is 8.88. The summed E-state index contributed by atoms with van der Waals surface area (Å²) in [6, 6.07) is 17.1. The van der Waals surface area contributed by atoms with Gasteiger partial charge in [-0.3, -0.25) is 4.79 Å². The molecule has 1 amide bonds. The summed E-state index contributed by atoms with van der Waals surface area (Å²) in [7, 11) is 4.06. The SMILES string of the molecule is CN(C)CC(C)(C)CNC(=O)c1ccccc1Sc1ccccc1C#N. The third kappa shape index (κ3) is 5.62. The second-order valence-corrected chi connectivity index (χ2v) is 8.37. The summed E-state index contributed by atoms with van der Waals surface area (Å²) in [6.45, 7) is 5.76. The molecule has 0 unspecified atom stereocenters. The molecule has 0 radical (unpaired) electrons. The molecule has 136 valence electrons. The van der Waals surface area contributed by atoms with Crippen LogP contribution in [0.25, 0.3) is 0 Å². The Morgan fingerprint density at radius 2 is 1.73 bits per heavy atom. The van der Waals surface area contributed by atoms with Crippen LogP contribution in [0.15, 0.2) is 58.3 Å². The molecule has 5 heteroatoms. The smallest absolute Gasteiger partial charge is 0.252 e. The van der Waals surface area contributed by atoms with Crippen molar-refractivity contribution in [2.24, 2.45) is 5.41 Å². The lowest BCUT2D eigenvalue weighted by Crippen LogP contribution is -2.40. The van der Waals surface area contributed by atoms with Gasteiger partial charge in [0.2, 0.25) is 0 Å². The lowest BCUT2D eigenvalue weighted by molar-refractivity contribution is 0.0926. The molecule has 0 aliphatic heterocycles. The predicted octanol–water partition coefficient (Wildman–Crippen LogP) is 4.03. The van der Waals surface area contributed by atoms with Gasteiger partial charge in [-0.15, -0.1) is 0 Å². The van der Waals surface area contributed by atoms with Gasteiger partial charge in [0.1, 0.15) is 6.07 Å². The molecule has 0 aromatic heterocycles. The number of hydrogen-bond acceptors (Lipinski definition) is 4. The normalized spacial score (nSPS) is 11.2. The summed E-state index contributed by atoms with van der Waals surface area (Å²) in [6.07, 6.45) is 0. The fraction of sp³-hybridized carbons (Fsp3) is 0.333. The Kier molecular flexibility index (Phi) is 6.84. The number of rotatable bonds is 7. The van der Waals surface area contributed by atoms with Crippen LogP contribution in [0, 0.1) is 16.7 Å². The quantitative estimate of drug-likeness (QED) is 0.803. The lowest BCUT2D eigenvalue weighted by Gasteiger charge is -2.28. The Bertz CT molecular complexity index is 809. The molecule has 1 N–H and O–H groups in total. The van der Waals surface area contributed by atoms with E-state index < -0.39 is 0 Å². The van der Waals surface area contributed by atoms with Gasteiger partial charge in [-0.1, -0.05) is 49.9 Å². The fourth-order valence-corrected chi connectivity index (χ4v) is 3.86. The highest BCUT2D eigenvalue weighted by atomic mass is 32.2. The molecule has 26 heavy (non-hydrogen) atoms. The highest BCUT2D eigenvalue weighted by Crippen LogP contribution is 2.32. The van der Waals surface area contributed by atoms with Crippen LogP contribution in [0.1, 0.15) is 29.8 Å². The van der Waals surface area contributed by atoms with E-state index in [-0.39, 0.29) is 11.3 Å². The Labute approximate surface area is 160 Å². The summed E-state index contributed by atoms with van der Waals surface area (Å²) in [5.41, 5.74) is 1.22. The predicted molar refractivity (Wildman–Crippen MR) is 106 cm³/mol. The fourth-order valence-electron chi connectivity index (χ4n) is 2.84. The van der Waals surface area contributed by atoms with Crippen LogP contribution >= 0.6 is 11.8 Å². The molecule has 0 heterocycles. The van der Waals surface area contributed by atoms with Gasteiger partial charge in [-0.2, -0.15) is 5.26 Å². The number of amides is 1. The van der Waals surface area contributed by atoms with E-state index in [1.807, 2.05) is 56.6 Å². The Hall–Kier alpha value is -2.29. The average Bonchev–Trinajstić information content (AvgIpc) is 2.59. The van der Waals surface area contributed by atoms with E-state index in [2.05, 4.69) is 30.1 Å². The van der Waals surface area contributed by atoms with Gasteiger partial charge >= 0.3 is 0 Å². The lowest BCUT2D eigenvalue weighted by atomic mass is 9.93.